The molecule has 0 saturated heterocycles. The second kappa shape index (κ2) is 6.14. The number of nitrogens with zero attached hydrogens (tertiary/aromatic N) is 4. The van der Waals surface area contributed by atoms with Gasteiger partial charge >= 0.3 is 0 Å². The normalized spacial score (nSPS) is 12.0. The number of aryl methyl sites for hydroxylation is 1. The highest BCUT2D eigenvalue weighted by molar-refractivity contribution is 9.10. The van der Waals surface area contributed by atoms with Gasteiger partial charge in [-0.1, -0.05) is 13.0 Å². The van der Waals surface area contributed by atoms with Crippen molar-refractivity contribution in [2.75, 3.05) is 5.75 Å². The quantitative estimate of drug-likeness (QED) is 0.612. The van der Waals surface area contributed by atoms with E-state index in [-0.39, 0.29) is 16.3 Å². The van der Waals surface area contributed by atoms with Crippen LogP contribution in [0.5, 0.6) is 0 Å². The molecule has 0 aromatic carbocycles. The molecule has 0 fully saturated rings. The molecular formula is C15H15BrN4O3S. The largest absolute Gasteiger partial charge is 0.326 e. The van der Waals surface area contributed by atoms with Gasteiger partial charge in [-0.2, -0.15) is 9.61 Å². The topological polar surface area (TPSA) is 86.3 Å². The van der Waals surface area contributed by atoms with Crippen molar-refractivity contribution in [3.63, 3.8) is 0 Å². The maximum Gasteiger partial charge on any atom is 0.274 e. The van der Waals surface area contributed by atoms with Crippen LogP contribution < -0.4 is 5.56 Å². The number of hydrogen-bond acceptors (Lipinski definition) is 5. The van der Waals surface area contributed by atoms with Gasteiger partial charge in [-0.25, -0.2) is 13.4 Å². The summed E-state index contributed by atoms with van der Waals surface area (Å²) in [5, 5.41) is 3.90. The van der Waals surface area contributed by atoms with Crippen molar-refractivity contribution in [2.45, 2.75) is 25.4 Å². The Morgan fingerprint density at radius 2 is 2.00 bits per heavy atom. The maximum absolute atomic E-state index is 12.2. The molecule has 126 valence electrons. The molecule has 0 bridgehead atoms. The number of halogens is 1. The molecule has 0 amide bonds. The van der Waals surface area contributed by atoms with Crippen LogP contribution in [0.4, 0.5) is 0 Å². The molecule has 0 N–H and O–H groups in total. The summed E-state index contributed by atoms with van der Waals surface area (Å²) >= 11 is 3.29. The molecule has 9 heteroatoms. The first-order valence-electron chi connectivity index (χ1n) is 7.25. The van der Waals surface area contributed by atoms with Crippen molar-refractivity contribution < 1.29 is 8.42 Å². The third kappa shape index (κ3) is 3.01. The summed E-state index contributed by atoms with van der Waals surface area (Å²) in [4.78, 5) is 16.3. The predicted molar refractivity (Wildman–Crippen MR) is 93.0 cm³/mol. The standard InChI is InChI=1S/C15H15BrN4O3S/c1-3-24(22,23)13-7-14-19(9-11-4-5-12(16)17-8-11)10(2)6-15(21)20(14)18-13/h4-8H,3,9H2,1-2H3. The van der Waals surface area contributed by atoms with E-state index in [2.05, 4.69) is 26.0 Å². The molecule has 0 aliphatic rings. The molecule has 0 atom stereocenters. The zero-order valence-corrected chi connectivity index (χ0v) is 15.5. The van der Waals surface area contributed by atoms with Gasteiger partial charge in [-0.15, -0.1) is 0 Å². The molecule has 3 aromatic heterocycles. The fraction of sp³-hybridized carbons (Fsp3) is 0.267. The van der Waals surface area contributed by atoms with E-state index >= 15 is 0 Å². The van der Waals surface area contributed by atoms with Crippen molar-refractivity contribution >= 4 is 31.4 Å². The zero-order valence-electron chi connectivity index (χ0n) is 13.1. The van der Waals surface area contributed by atoms with Gasteiger partial charge in [0.25, 0.3) is 5.56 Å². The lowest BCUT2D eigenvalue weighted by atomic mass is 10.2. The summed E-state index contributed by atoms with van der Waals surface area (Å²) in [6.45, 7) is 3.80. The Kier molecular flexibility index (Phi) is 4.31. The van der Waals surface area contributed by atoms with Gasteiger partial charge in [0, 0.05) is 24.0 Å². The average Bonchev–Trinajstić information content (AvgIpc) is 3.00. The fourth-order valence-electron chi connectivity index (χ4n) is 2.39. The Morgan fingerprint density at radius 3 is 2.62 bits per heavy atom. The van der Waals surface area contributed by atoms with Crippen LogP contribution in [0, 0.1) is 6.92 Å². The van der Waals surface area contributed by atoms with Gasteiger partial charge in [0.15, 0.2) is 14.9 Å². The molecule has 24 heavy (non-hydrogen) atoms. The maximum atomic E-state index is 12.2. The van der Waals surface area contributed by atoms with Crippen LogP contribution in [0.2, 0.25) is 0 Å². The number of pyridine rings is 1. The SMILES string of the molecule is CCS(=O)(=O)c1cc2n(Cc3ccc(Br)nc3)c(C)cc(=O)n2n1. The van der Waals surface area contributed by atoms with Crippen LogP contribution in [-0.4, -0.2) is 33.3 Å². The summed E-state index contributed by atoms with van der Waals surface area (Å²) in [6, 6.07) is 6.62. The fourth-order valence-corrected chi connectivity index (χ4v) is 3.41. The summed E-state index contributed by atoms with van der Waals surface area (Å²) in [5.41, 5.74) is 1.73. The number of fused-ring (bicyclic) bond motifs is 1. The van der Waals surface area contributed by atoms with E-state index in [1.165, 1.54) is 12.1 Å². The Balaban J connectivity index is 2.20. The van der Waals surface area contributed by atoms with E-state index in [0.29, 0.717) is 12.2 Å². The van der Waals surface area contributed by atoms with E-state index < -0.39 is 9.84 Å². The highest BCUT2D eigenvalue weighted by Gasteiger charge is 2.19. The Labute approximate surface area is 147 Å². The second-order valence-corrected chi connectivity index (χ2v) is 8.39. The summed E-state index contributed by atoms with van der Waals surface area (Å²) < 4.78 is 27.8. The van der Waals surface area contributed by atoms with Gasteiger partial charge in [0.05, 0.1) is 12.3 Å². The number of hydrogen-bond donors (Lipinski definition) is 0. The van der Waals surface area contributed by atoms with E-state index in [0.717, 1.165) is 20.4 Å². The molecule has 0 unspecified atom stereocenters. The molecule has 0 aliphatic carbocycles. The Hall–Kier alpha value is -2.00. The van der Waals surface area contributed by atoms with Crippen LogP contribution in [0.25, 0.3) is 5.65 Å². The van der Waals surface area contributed by atoms with Crippen LogP contribution in [0.15, 0.2) is 44.9 Å². The second-order valence-electron chi connectivity index (χ2n) is 5.36. The number of rotatable bonds is 4. The van der Waals surface area contributed by atoms with Crippen LogP contribution >= 0.6 is 15.9 Å². The summed E-state index contributed by atoms with van der Waals surface area (Å²) in [6.07, 6.45) is 1.72. The molecule has 0 radical (unpaired) electrons. The van der Waals surface area contributed by atoms with Crippen LogP contribution in [0.1, 0.15) is 18.2 Å². The highest BCUT2D eigenvalue weighted by atomic mass is 79.9. The van der Waals surface area contributed by atoms with E-state index in [9.17, 15) is 13.2 Å². The monoisotopic (exact) mass is 410 g/mol. The molecule has 3 heterocycles. The zero-order chi connectivity index (χ0) is 17.5. The third-order valence-corrected chi connectivity index (χ3v) is 5.81. The third-order valence-electron chi connectivity index (χ3n) is 3.74. The lowest BCUT2D eigenvalue weighted by Gasteiger charge is -2.12. The van der Waals surface area contributed by atoms with Crippen molar-refractivity contribution in [3.8, 4) is 0 Å². The van der Waals surface area contributed by atoms with Crippen molar-refractivity contribution in [1.82, 2.24) is 19.2 Å². The van der Waals surface area contributed by atoms with Gasteiger partial charge < -0.3 is 4.57 Å². The molecule has 3 aromatic rings. The minimum Gasteiger partial charge on any atom is -0.326 e. The minimum atomic E-state index is -3.49. The van der Waals surface area contributed by atoms with Gasteiger partial charge in [0.2, 0.25) is 0 Å². The predicted octanol–water partition coefficient (Wildman–Crippen LogP) is 1.80. The molecule has 0 aliphatic heterocycles. The Morgan fingerprint density at radius 1 is 1.25 bits per heavy atom. The van der Waals surface area contributed by atoms with Gasteiger partial charge in [-0.05, 0) is 34.5 Å². The minimum absolute atomic E-state index is 0.0688. The summed E-state index contributed by atoms with van der Waals surface area (Å²) in [5.74, 6) is -0.0688. The summed E-state index contributed by atoms with van der Waals surface area (Å²) in [7, 11) is -3.49. The van der Waals surface area contributed by atoms with Gasteiger partial charge in [0.1, 0.15) is 10.3 Å². The number of sulfone groups is 1. The molecule has 0 saturated carbocycles. The molecule has 0 spiro atoms. The van der Waals surface area contributed by atoms with Crippen LogP contribution in [-0.2, 0) is 16.4 Å². The van der Waals surface area contributed by atoms with Crippen LogP contribution in [0.3, 0.4) is 0 Å². The lowest BCUT2D eigenvalue weighted by molar-refractivity contribution is 0.591. The van der Waals surface area contributed by atoms with Crippen molar-refractivity contribution in [3.05, 3.63) is 56.7 Å². The van der Waals surface area contributed by atoms with Crippen molar-refractivity contribution in [2.24, 2.45) is 0 Å². The van der Waals surface area contributed by atoms with Crippen molar-refractivity contribution in [1.29, 1.82) is 0 Å². The molecule has 7 nitrogen and oxygen atoms in total. The smallest absolute Gasteiger partial charge is 0.274 e. The Bertz CT molecular complexity index is 1070. The number of aromatic nitrogens is 4. The van der Waals surface area contributed by atoms with E-state index in [1.807, 2.05) is 16.7 Å². The first-order chi connectivity index (χ1) is 11.3. The molecular weight excluding hydrogens is 396 g/mol. The lowest BCUT2D eigenvalue weighted by Crippen LogP contribution is -2.20. The first kappa shape index (κ1) is 16.8. The van der Waals surface area contributed by atoms with E-state index in [4.69, 9.17) is 0 Å². The van der Waals surface area contributed by atoms with Gasteiger partial charge in [-0.3, -0.25) is 4.79 Å². The first-order valence-corrected chi connectivity index (χ1v) is 9.70. The highest BCUT2D eigenvalue weighted by Crippen LogP contribution is 2.16. The van der Waals surface area contributed by atoms with E-state index in [1.54, 1.807) is 20.0 Å². The molecule has 3 rings (SSSR count). The average molecular weight is 411 g/mol.